The lowest BCUT2D eigenvalue weighted by molar-refractivity contribution is 0.296. The van der Waals surface area contributed by atoms with Gasteiger partial charge < -0.3 is 4.74 Å². The first-order chi connectivity index (χ1) is 13.5. The Kier molecular flexibility index (Phi) is 6.90. The Hall–Kier alpha value is -2.13. The number of hydrogen-bond donors (Lipinski definition) is 0. The standard InChI is InChI=1S/C22H13Br2ClFNO/c23-18-10-14(9-16(12-27)17-6-2-3-7-20(17)25)11-19(24)22(18)28-13-15-5-1-4-8-21(15)26/h1-11H,13H2. The van der Waals surface area contributed by atoms with Crippen molar-refractivity contribution in [2.45, 2.75) is 6.61 Å². The minimum atomic E-state index is -0.312. The van der Waals surface area contributed by atoms with Crippen molar-refractivity contribution in [3.63, 3.8) is 0 Å². The van der Waals surface area contributed by atoms with Crippen LogP contribution in [-0.4, -0.2) is 0 Å². The van der Waals surface area contributed by atoms with Gasteiger partial charge >= 0.3 is 0 Å². The van der Waals surface area contributed by atoms with Gasteiger partial charge in [-0.2, -0.15) is 5.26 Å². The zero-order chi connectivity index (χ0) is 20.1. The molecule has 3 aromatic carbocycles. The summed E-state index contributed by atoms with van der Waals surface area (Å²) in [5.74, 6) is 0.240. The average molecular weight is 522 g/mol. The van der Waals surface area contributed by atoms with E-state index in [2.05, 4.69) is 37.9 Å². The summed E-state index contributed by atoms with van der Waals surface area (Å²) in [5.41, 5.74) is 2.37. The summed E-state index contributed by atoms with van der Waals surface area (Å²) in [7, 11) is 0. The lowest BCUT2D eigenvalue weighted by Crippen LogP contribution is -1.99. The number of allylic oxidation sites excluding steroid dienone is 1. The van der Waals surface area contributed by atoms with Crippen LogP contribution < -0.4 is 4.74 Å². The van der Waals surface area contributed by atoms with Crippen LogP contribution in [0.4, 0.5) is 4.39 Å². The first-order valence-electron chi connectivity index (χ1n) is 8.21. The van der Waals surface area contributed by atoms with Gasteiger partial charge in [-0.25, -0.2) is 4.39 Å². The van der Waals surface area contributed by atoms with Gasteiger partial charge in [-0.3, -0.25) is 0 Å². The summed E-state index contributed by atoms with van der Waals surface area (Å²) < 4.78 is 20.9. The fourth-order valence-corrected chi connectivity index (χ4v) is 4.27. The normalized spacial score (nSPS) is 11.2. The van der Waals surface area contributed by atoms with Crippen LogP contribution in [0.2, 0.25) is 5.02 Å². The molecule has 0 spiro atoms. The maximum Gasteiger partial charge on any atom is 0.148 e. The molecule has 0 aliphatic carbocycles. The van der Waals surface area contributed by atoms with Crippen LogP contribution in [0.25, 0.3) is 11.6 Å². The molecule has 0 aliphatic heterocycles. The predicted molar refractivity (Wildman–Crippen MR) is 118 cm³/mol. The summed E-state index contributed by atoms with van der Waals surface area (Å²) >= 11 is 13.2. The number of hydrogen-bond acceptors (Lipinski definition) is 2. The number of rotatable bonds is 5. The Morgan fingerprint density at radius 1 is 1.07 bits per heavy atom. The molecule has 3 rings (SSSR count). The highest BCUT2D eigenvalue weighted by Crippen LogP contribution is 2.37. The molecule has 140 valence electrons. The molecule has 0 heterocycles. The highest BCUT2D eigenvalue weighted by Gasteiger charge is 2.12. The fraction of sp³-hybridized carbons (Fsp3) is 0.0455. The molecular weight excluding hydrogens is 509 g/mol. The third-order valence-electron chi connectivity index (χ3n) is 3.95. The summed E-state index contributed by atoms with van der Waals surface area (Å²) in [6.45, 7) is 0.0993. The van der Waals surface area contributed by atoms with E-state index in [1.165, 1.54) is 6.07 Å². The van der Waals surface area contributed by atoms with Crippen molar-refractivity contribution >= 4 is 55.1 Å². The molecule has 0 fully saturated rings. The van der Waals surface area contributed by atoms with Crippen molar-refractivity contribution < 1.29 is 9.13 Å². The Morgan fingerprint density at radius 2 is 1.71 bits per heavy atom. The van der Waals surface area contributed by atoms with E-state index in [9.17, 15) is 9.65 Å². The monoisotopic (exact) mass is 519 g/mol. The van der Waals surface area contributed by atoms with Crippen molar-refractivity contribution in [2.75, 3.05) is 0 Å². The molecule has 0 saturated carbocycles. The van der Waals surface area contributed by atoms with Crippen molar-refractivity contribution in [3.05, 3.63) is 97.1 Å². The van der Waals surface area contributed by atoms with Gasteiger partial charge in [0.1, 0.15) is 18.2 Å². The number of ether oxygens (including phenoxy) is 1. The fourth-order valence-electron chi connectivity index (χ4n) is 2.58. The molecule has 6 heteroatoms. The second kappa shape index (κ2) is 9.38. The van der Waals surface area contributed by atoms with Gasteiger partial charge in [0.05, 0.1) is 20.6 Å². The van der Waals surface area contributed by atoms with Crippen LogP contribution >= 0.6 is 43.5 Å². The van der Waals surface area contributed by atoms with E-state index < -0.39 is 0 Å². The number of halogens is 4. The van der Waals surface area contributed by atoms with Gasteiger partial charge in [0.25, 0.3) is 0 Å². The number of nitriles is 1. The van der Waals surface area contributed by atoms with Gasteiger partial charge in [0, 0.05) is 16.1 Å². The smallest absolute Gasteiger partial charge is 0.148 e. The molecule has 0 amide bonds. The maximum atomic E-state index is 13.8. The molecule has 0 saturated heterocycles. The third-order valence-corrected chi connectivity index (χ3v) is 5.45. The lowest BCUT2D eigenvalue weighted by Gasteiger charge is -2.12. The van der Waals surface area contributed by atoms with Crippen LogP contribution in [0, 0.1) is 17.1 Å². The average Bonchev–Trinajstić information content (AvgIpc) is 2.67. The van der Waals surface area contributed by atoms with E-state index in [-0.39, 0.29) is 12.4 Å². The zero-order valence-electron chi connectivity index (χ0n) is 14.4. The Morgan fingerprint density at radius 3 is 2.36 bits per heavy atom. The summed E-state index contributed by atoms with van der Waals surface area (Å²) in [5, 5.41) is 10.0. The summed E-state index contributed by atoms with van der Waals surface area (Å²) in [6, 6.07) is 19.5. The quantitative estimate of drug-likeness (QED) is 0.255. The van der Waals surface area contributed by atoms with E-state index >= 15 is 0 Å². The number of benzene rings is 3. The minimum Gasteiger partial charge on any atom is -0.486 e. The van der Waals surface area contributed by atoms with Gasteiger partial charge in [-0.1, -0.05) is 48.0 Å². The molecule has 0 bridgehead atoms. The topological polar surface area (TPSA) is 33.0 Å². The van der Waals surface area contributed by atoms with Gasteiger partial charge in [-0.05, 0) is 67.8 Å². The van der Waals surface area contributed by atoms with E-state index in [1.807, 2.05) is 24.3 Å². The highest BCUT2D eigenvalue weighted by molar-refractivity contribution is 9.11. The second-order valence-corrected chi connectivity index (χ2v) is 7.96. The first kappa shape index (κ1) is 20.6. The van der Waals surface area contributed by atoms with E-state index in [0.29, 0.717) is 36.4 Å². The molecule has 0 aliphatic rings. The Balaban J connectivity index is 1.88. The molecule has 0 aromatic heterocycles. The summed E-state index contributed by atoms with van der Waals surface area (Å²) in [4.78, 5) is 0. The third kappa shape index (κ3) is 4.82. The van der Waals surface area contributed by atoms with Gasteiger partial charge in [-0.15, -0.1) is 0 Å². The molecule has 3 aromatic rings. The second-order valence-electron chi connectivity index (χ2n) is 5.84. The predicted octanol–water partition coefficient (Wildman–Crippen LogP) is 7.65. The van der Waals surface area contributed by atoms with Crippen LogP contribution in [0.15, 0.2) is 69.6 Å². The lowest BCUT2D eigenvalue weighted by atomic mass is 10.0. The van der Waals surface area contributed by atoms with Crippen LogP contribution in [0.3, 0.4) is 0 Å². The first-order valence-corrected chi connectivity index (χ1v) is 10.2. The molecule has 28 heavy (non-hydrogen) atoms. The molecule has 0 radical (unpaired) electrons. The van der Waals surface area contributed by atoms with Crippen LogP contribution in [-0.2, 0) is 6.61 Å². The van der Waals surface area contributed by atoms with Crippen molar-refractivity contribution in [2.24, 2.45) is 0 Å². The molecular formula is C22H13Br2ClFNO. The molecule has 0 unspecified atom stereocenters. The van der Waals surface area contributed by atoms with Crippen LogP contribution in [0.5, 0.6) is 5.75 Å². The van der Waals surface area contributed by atoms with Gasteiger partial charge in [0.15, 0.2) is 0 Å². The molecule has 0 N–H and O–H groups in total. The van der Waals surface area contributed by atoms with Crippen LogP contribution in [0.1, 0.15) is 16.7 Å². The Bertz CT molecular complexity index is 1070. The van der Waals surface area contributed by atoms with E-state index in [1.54, 1.807) is 36.4 Å². The largest absolute Gasteiger partial charge is 0.486 e. The molecule has 0 atom stereocenters. The van der Waals surface area contributed by atoms with E-state index in [4.69, 9.17) is 16.3 Å². The minimum absolute atomic E-state index is 0.0993. The van der Waals surface area contributed by atoms with Crippen molar-refractivity contribution in [1.29, 1.82) is 5.26 Å². The zero-order valence-corrected chi connectivity index (χ0v) is 18.4. The van der Waals surface area contributed by atoms with E-state index in [0.717, 1.165) is 5.56 Å². The Labute approximate surface area is 184 Å². The number of nitrogens with zero attached hydrogens (tertiary/aromatic N) is 1. The van der Waals surface area contributed by atoms with Crippen molar-refractivity contribution in [1.82, 2.24) is 0 Å². The van der Waals surface area contributed by atoms with Gasteiger partial charge in [0.2, 0.25) is 0 Å². The van der Waals surface area contributed by atoms with Crippen molar-refractivity contribution in [3.8, 4) is 11.8 Å². The SMILES string of the molecule is N#CC(=Cc1cc(Br)c(OCc2ccccc2F)c(Br)c1)c1ccccc1Cl. The maximum absolute atomic E-state index is 13.8. The highest BCUT2D eigenvalue weighted by atomic mass is 79.9. The molecule has 2 nitrogen and oxygen atoms in total. The summed E-state index contributed by atoms with van der Waals surface area (Å²) in [6.07, 6.45) is 1.75.